The third-order valence-electron chi connectivity index (χ3n) is 4.45. The van der Waals surface area contributed by atoms with Gasteiger partial charge in [0.1, 0.15) is 0 Å². The molecular formula is C23H20N2. The van der Waals surface area contributed by atoms with Crippen LogP contribution in [0.5, 0.6) is 0 Å². The van der Waals surface area contributed by atoms with Crippen molar-refractivity contribution in [1.82, 2.24) is 0 Å². The lowest BCUT2D eigenvalue weighted by Crippen LogP contribution is -2.11. The molecule has 0 saturated heterocycles. The summed E-state index contributed by atoms with van der Waals surface area (Å²) in [5.74, 6) is 0. The van der Waals surface area contributed by atoms with E-state index in [-0.39, 0.29) is 0 Å². The quantitative estimate of drug-likeness (QED) is 0.719. The highest BCUT2D eigenvalue weighted by Crippen LogP contribution is 2.29. The van der Waals surface area contributed by atoms with E-state index >= 15 is 0 Å². The highest BCUT2D eigenvalue weighted by Gasteiger charge is 2.11. The third-order valence-corrected chi connectivity index (χ3v) is 4.45. The minimum Gasteiger partial charge on any atom is -0.402 e. The number of dihydropyridines is 1. The van der Waals surface area contributed by atoms with Gasteiger partial charge in [0.2, 0.25) is 0 Å². The molecule has 0 aromatic heterocycles. The molecular weight excluding hydrogens is 304 g/mol. The molecule has 1 aliphatic rings. The van der Waals surface area contributed by atoms with Gasteiger partial charge in [-0.25, -0.2) is 0 Å². The first-order valence-electron chi connectivity index (χ1n) is 8.56. The fourth-order valence-corrected chi connectivity index (χ4v) is 3.14. The van der Waals surface area contributed by atoms with Crippen LogP contribution in [0.25, 0.3) is 22.3 Å². The van der Waals surface area contributed by atoms with Crippen LogP contribution in [-0.2, 0) is 0 Å². The Bertz CT molecular complexity index is 881. The van der Waals surface area contributed by atoms with Gasteiger partial charge in [-0.2, -0.15) is 0 Å². The van der Waals surface area contributed by atoms with E-state index in [0.717, 1.165) is 29.9 Å². The average Bonchev–Trinajstić information content (AvgIpc) is 2.69. The van der Waals surface area contributed by atoms with Gasteiger partial charge in [0.15, 0.2) is 0 Å². The number of hydrogen-bond donors (Lipinski definition) is 1. The van der Waals surface area contributed by atoms with Crippen molar-refractivity contribution in [3.05, 3.63) is 96.2 Å². The predicted octanol–water partition coefficient (Wildman–Crippen LogP) is 5.06. The Balaban J connectivity index is 1.88. The van der Waals surface area contributed by atoms with Gasteiger partial charge in [-0.1, -0.05) is 60.7 Å². The van der Waals surface area contributed by atoms with E-state index in [1.54, 1.807) is 0 Å². The molecule has 0 amide bonds. The molecule has 0 spiro atoms. The summed E-state index contributed by atoms with van der Waals surface area (Å²) in [6.45, 7) is 0.758. The molecule has 4 rings (SSSR count). The number of aliphatic imine (C=N–C) groups is 1. The molecule has 2 nitrogen and oxygen atoms in total. The minimum atomic E-state index is 0.758. The first-order valence-corrected chi connectivity index (χ1v) is 8.56. The second-order valence-corrected chi connectivity index (χ2v) is 6.27. The van der Waals surface area contributed by atoms with Gasteiger partial charge in [0, 0.05) is 24.2 Å². The molecule has 0 atom stereocenters. The fourth-order valence-electron chi connectivity index (χ4n) is 3.14. The predicted molar refractivity (Wildman–Crippen MR) is 106 cm³/mol. The third kappa shape index (κ3) is 3.38. The van der Waals surface area contributed by atoms with E-state index in [1.165, 1.54) is 22.3 Å². The van der Waals surface area contributed by atoms with Crippen molar-refractivity contribution >= 4 is 5.71 Å². The summed E-state index contributed by atoms with van der Waals surface area (Å²) in [4.78, 5) is 4.68. The number of allylic oxidation sites excluding steroid dienone is 1. The van der Waals surface area contributed by atoms with Gasteiger partial charge in [-0.3, -0.25) is 4.99 Å². The fraction of sp³-hybridized carbons (Fsp3) is 0.0870. The zero-order valence-corrected chi connectivity index (χ0v) is 14.0. The van der Waals surface area contributed by atoms with Gasteiger partial charge < -0.3 is 5.73 Å². The van der Waals surface area contributed by atoms with E-state index in [4.69, 9.17) is 5.73 Å². The Labute approximate surface area is 148 Å². The standard InChI is InChI=1S/C23H20N2/c24-22-11-12-25-23(16-22)21-14-19(17-7-3-1-4-8-17)13-20(15-21)18-9-5-2-6-10-18/h1-10,13-16H,11-12,24H2. The zero-order valence-electron chi connectivity index (χ0n) is 14.0. The van der Waals surface area contributed by atoms with Crippen molar-refractivity contribution < 1.29 is 0 Å². The summed E-state index contributed by atoms with van der Waals surface area (Å²) >= 11 is 0. The minimum absolute atomic E-state index is 0.758. The average molecular weight is 324 g/mol. The van der Waals surface area contributed by atoms with Gasteiger partial charge in [0.25, 0.3) is 0 Å². The Morgan fingerprint density at radius 2 is 1.16 bits per heavy atom. The normalized spacial score (nSPS) is 13.9. The first kappa shape index (κ1) is 15.4. The van der Waals surface area contributed by atoms with Crippen molar-refractivity contribution in [2.24, 2.45) is 10.7 Å². The monoisotopic (exact) mass is 324 g/mol. The lowest BCUT2D eigenvalue weighted by molar-refractivity contribution is 0.922. The number of hydrogen-bond acceptors (Lipinski definition) is 2. The number of benzene rings is 3. The molecule has 1 heterocycles. The van der Waals surface area contributed by atoms with Gasteiger partial charge in [0.05, 0.1) is 5.71 Å². The number of nitrogens with two attached hydrogens (primary N) is 1. The second-order valence-electron chi connectivity index (χ2n) is 6.27. The van der Waals surface area contributed by atoms with Crippen molar-refractivity contribution in [2.75, 3.05) is 6.54 Å². The molecule has 0 unspecified atom stereocenters. The molecule has 25 heavy (non-hydrogen) atoms. The van der Waals surface area contributed by atoms with Gasteiger partial charge in [-0.15, -0.1) is 0 Å². The van der Waals surface area contributed by atoms with Crippen LogP contribution in [0, 0.1) is 0 Å². The van der Waals surface area contributed by atoms with E-state index in [2.05, 4.69) is 71.7 Å². The van der Waals surface area contributed by atoms with Crippen molar-refractivity contribution in [1.29, 1.82) is 0 Å². The Kier molecular flexibility index (Phi) is 4.17. The van der Waals surface area contributed by atoms with Crippen LogP contribution in [0.1, 0.15) is 12.0 Å². The molecule has 0 aliphatic carbocycles. The van der Waals surface area contributed by atoms with Gasteiger partial charge >= 0.3 is 0 Å². The molecule has 0 bridgehead atoms. The van der Waals surface area contributed by atoms with Crippen LogP contribution < -0.4 is 5.73 Å². The molecule has 3 aromatic rings. The zero-order chi connectivity index (χ0) is 17.1. The van der Waals surface area contributed by atoms with E-state index in [0.29, 0.717) is 0 Å². The first-order chi connectivity index (χ1) is 12.3. The largest absolute Gasteiger partial charge is 0.402 e. The SMILES string of the molecule is NC1=CC(c2cc(-c3ccccc3)cc(-c3ccccc3)c2)=NCC1. The lowest BCUT2D eigenvalue weighted by Gasteiger charge is -2.14. The molecule has 122 valence electrons. The van der Waals surface area contributed by atoms with Crippen LogP contribution in [0.4, 0.5) is 0 Å². The molecule has 0 saturated carbocycles. The number of rotatable bonds is 3. The Morgan fingerprint density at radius 1 is 0.640 bits per heavy atom. The topological polar surface area (TPSA) is 38.4 Å². The van der Waals surface area contributed by atoms with Crippen LogP contribution in [0.2, 0.25) is 0 Å². The van der Waals surface area contributed by atoms with Crippen molar-refractivity contribution in [3.63, 3.8) is 0 Å². The van der Waals surface area contributed by atoms with Crippen LogP contribution in [0.15, 0.2) is 95.6 Å². The maximum Gasteiger partial charge on any atom is 0.0664 e. The van der Waals surface area contributed by atoms with Crippen molar-refractivity contribution in [2.45, 2.75) is 6.42 Å². The summed E-state index contributed by atoms with van der Waals surface area (Å²) in [6, 6.07) is 27.6. The molecule has 0 fully saturated rings. The van der Waals surface area contributed by atoms with E-state index < -0.39 is 0 Å². The van der Waals surface area contributed by atoms with Crippen LogP contribution >= 0.6 is 0 Å². The number of nitrogens with zero attached hydrogens (tertiary/aromatic N) is 1. The maximum atomic E-state index is 6.04. The highest BCUT2D eigenvalue weighted by molar-refractivity contribution is 6.10. The lowest BCUT2D eigenvalue weighted by atomic mass is 9.93. The van der Waals surface area contributed by atoms with Crippen LogP contribution in [0.3, 0.4) is 0 Å². The summed E-state index contributed by atoms with van der Waals surface area (Å²) < 4.78 is 0. The molecule has 3 aromatic carbocycles. The summed E-state index contributed by atoms with van der Waals surface area (Å²) in [5, 5.41) is 0. The Hall–Kier alpha value is -3.13. The van der Waals surface area contributed by atoms with Gasteiger partial charge in [-0.05, 0) is 46.5 Å². The van der Waals surface area contributed by atoms with E-state index in [1.807, 2.05) is 18.2 Å². The molecule has 0 radical (unpaired) electrons. The smallest absolute Gasteiger partial charge is 0.0664 e. The Morgan fingerprint density at radius 3 is 1.68 bits per heavy atom. The maximum absolute atomic E-state index is 6.04. The summed E-state index contributed by atoms with van der Waals surface area (Å²) in [5.41, 5.74) is 13.8. The second kappa shape index (κ2) is 6.78. The highest BCUT2D eigenvalue weighted by atomic mass is 14.8. The van der Waals surface area contributed by atoms with Crippen LogP contribution in [-0.4, -0.2) is 12.3 Å². The van der Waals surface area contributed by atoms with E-state index in [9.17, 15) is 0 Å². The summed E-state index contributed by atoms with van der Waals surface area (Å²) in [6.07, 6.45) is 2.84. The summed E-state index contributed by atoms with van der Waals surface area (Å²) in [7, 11) is 0. The molecule has 1 aliphatic heterocycles. The molecule has 2 heteroatoms. The van der Waals surface area contributed by atoms with Crippen molar-refractivity contribution in [3.8, 4) is 22.3 Å². The molecule has 2 N–H and O–H groups in total.